The van der Waals surface area contributed by atoms with Crippen LogP contribution in [0.4, 0.5) is 5.69 Å². The number of aromatic nitrogens is 1. The summed E-state index contributed by atoms with van der Waals surface area (Å²) in [6, 6.07) is 5.55. The molecule has 21 heavy (non-hydrogen) atoms. The van der Waals surface area contributed by atoms with E-state index in [9.17, 15) is 14.4 Å². The minimum Gasteiger partial charge on any atom is -0.366 e. The van der Waals surface area contributed by atoms with E-state index < -0.39 is 17.2 Å². The van der Waals surface area contributed by atoms with Gasteiger partial charge in [0.05, 0.1) is 10.7 Å². The van der Waals surface area contributed by atoms with Gasteiger partial charge in [0.1, 0.15) is 5.56 Å². The zero-order chi connectivity index (χ0) is 15.6. The Labute approximate surface area is 124 Å². The Balaban J connectivity index is 2.33. The maximum atomic E-state index is 12.1. The smallest absolute Gasteiger partial charge is 0.261 e. The largest absolute Gasteiger partial charge is 0.366 e. The molecule has 1 heterocycles. The van der Waals surface area contributed by atoms with Gasteiger partial charge in [-0.3, -0.25) is 14.4 Å². The summed E-state index contributed by atoms with van der Waals surface area (Å²) in [6.45, 7) is 1.70. The number of hydrogen-bond donors (Lipinski definition) is 3. The number of benzene rings is 1. The van der Waals surface area contributed by atoms with E-state index in [2.05, 4.69) is 10.3 Å². The highest BCUT2D eigenvalue weighted by Gasteiger charge is 2.13. The molecule has 108 valence electrons. The molecule has 1 aromatic carbocycles. The third kappa shape index (κ3) is 3.29. The second-order valence-electron chi connectivity index (χ2n) is 4.41. The lowest BCUT2D eigenvalue weighted by atomic mass is 10.1. The van der Waals surface area contributed by atoms with E-state index >= 15 is 0 Å². The van der Waals surface area contributed by atoms with Crippen LogP contribution in [-0.4, -0.2) is 16.8 Å². The first-order valence-corrected chi connectivity index (χ1v) is 6.36. The van der Waals surface area contributed by atoms with Crippen LogP contribution in [0.15, 0.2) is 35.3 Å². The van der Waals surface area contributed by atoms with E-state index in [1.807, 2.05) is 0 Å². The molecular formula is C14H12ClN3O3. The summed E-state index contributed by atoms with van der Waals surface area (Å²) < 4.78 is 0. The average molecular weight is 306 g/mol. The van der Waals surface area contributed by atoms with Gasteiger partial charge < -0.3 is 16.0 Å². The zero-order valence-corrected chi connectivity index (χ0v) is 11.8. The van der Waals surface area contributed by atoms with Gasteiger partial charge in [0.15, 0.2) is 5.43 Å². The van der Waals surface area contributed by atoms with Crippen LogP contribution in [0.5, 0.6) is 0 Å². The molecule has 2 aromatic rings. The van der Waals surface area contributed by atoms with Gasteiger partial charge in [-0.25, -0.2) is 0 Å². The number of aryl methyl sites for hydroxylation is 1. The highest BCUT2D eigenvalue weighted by atomic mass is 35.5. The molecule has 7 heteroatoms. The lowest BCUT2D eigenvalue weighted by Gasteiger charge is -2.08. The molecule has 0 fully saturated rings. The molecule has 0 aliphatic heterocycles. The summed E-state index contributed by atoms with van der Waals surface area (Å²) in [5.41, 5.74) is 5.75. The number of nitrogens with one attached hydrogen (secondary N) is 2. The second kappa shape index (κ2) is 5.80. The number of anilines is 1. The van der Waals surface area contributed by atoms with Gasteiger partial charge >= 0.3 is 0 Å². The van der Waals surface area contributed by atoms with Crippen molar-refractivity contribution in [1.29, 1.82) is 0 Å². The molecule has 1 aromatic heterocycles. The SMILES string of the molecule is Cc1cc(=O)c(C(=O)Nc2cc(C(N)=O)ccc2Cl)c[nH]1. The maximum absolute atomic E-state index is 12.1. The number of hydrogen-bond acceptors (Lipinski definition) is 3. The van der Waals surface area contributed by atoms with Gasteiger partial charge in [0, 0.05) is 23.5 Å². The van der Waals surface area contributed by atoms with Gasteiger partial charge in [0.2, 0.25) is 5.91 Å². The molecule has 2 rings (SSSR count). The number of nitrogens with two attached hydrogens (primary N) is 1. The first kappa shape index (κ1) is 14.8. The molecule has 0 spiro atoms. The fourth-order valence-corrected chi connectivity index (χ4v) is 1.88. The van der Waals surface area contributed by atoms with Gasteiger partial charge in [0.25, 0.3) is 5.91 Å². The Bertz CT molecular complexity index is 783. The van der Waals surface area contributed by atoms with Crippen LogP contribution in [0.2, 0.25) is 5.02 Å². The van der Waals surface area contributed by atoms with Crippen molar-refractivity contribution in [1.82, 2.24) is 4.98 Å². The lowest BCUT2D eigenvalue weighted by Crippen LogP contribution is -2.22. The molecular weight excluding hydrogens is 294 g/mol. The third-order valence-corrected chi connectivity index (χ3v) is 3.13. The quantitative estimate of drug-likeness (QED) is 0.803. The van der Waals surface area contributed by atoms with E-state index in [1.165, 1.54) is 30.5 Å². The van der Waals surface area contributed by atoms with Gasteiger partial charge in [-0.05, 0) is 25.1 Å². The molecule has 0 bridgehead atoms. The number of aromatic amines is 1. The number of pyridine rings is 1. The Hall–Kier alpha value is -2.60. The topological polar surface area (TPSA) is 105 Å². The van der Waals surface area contributed by atoms with Crippen LogP contribution in [0, 0.1) is 6.92 Å². The van der Waals surface area contributed by atoms with Gasteiger partial charge in [-0.1, -0.05) is 11.6 Å². The molecule has 0 radical (unpaired) electrons. The number of carbonyl (C=O) groups excluding carboxylic acids is 2. The number of amides is 2. The number of primary amides is 1. The van der Waals surface area contributed by atoms with E-state index in [4.69, 9.17) is 17.3 Å². The molecule has 4 N–H and O–H groups in total. The standard InChI is InChI=1S/C14H12ClN3O3/c1-7-4-12(19)9(6-17-7)14(21)18-11-5-8(13(16)20)2-3-10(11)15/h2-6H,1H3,(H2,16,20)(H,17,19)(H,18,21). The molecule has 0 saturated carbocycles. The van der Waals surface area contributed by atoms with Crippen molar-refractivity contribution in [3.05, 3.63) is 62.5 Å². The molecule has 2 amide bonds. The average Bonchev–Trinajstić information content (AvgIpc) is 2.40. The minimum atomic E-state index is -0.643. The van der Waals surface area contributed by atoms with Crippen molar-refractivity contribution >= 4 is 29.1 Å². The fourth-order valence-electron chi connectivity index (χ4n) is 1.71. The van der Waals surface area contributed by atoms with Crippen LogP contribution in [-0.2, 0) is 0 Å². The predicted octanol–water partition coefficient (Wildman–Crippen LogP) is 1.69. The van der Waals surface area contributed by atoms with E-state index in [0.29, 0.717) is 5.69 Å². The van der Waals surface area contributed by atoms with Crippen molar-refractivity contribution in [2.24, 2.45) is 5.73 Å². The van der Waals surface area contributed by atoms with E-state index in [-0.39, 0.29) is 21.8 Å². The van der Waals surface area contributed by atoms with Gasteiger partial charge in [-0.2, -0.15) is 0 Å². The van der Waals surface area contributed by atoms with Crippen LogP contribution < -0.4 is 16.5 Å². The molecule has 0 aliphatic carbocycles. The Kier molecular flexibility index (Phi) is 4.09. The number of H-pyrrole nitrogens is 1. The van der Waals surface area contributed by atoms with E-state index in [1.54, 1.807) is 6.92 Å². The van der Waals surface area contributed by atoms with Crippen molar-refractivity contribution < 1.29 is 9.59 Å². The Morgan fingerprint density at radius 3 is 2.62 bits per heavy atom. The van der Waals surface area contributed by atoms with Crippen molar-refractivity contribution in [3.8, 4) is 0 Å². The first-order chi connectivity index (χ1) is 9.88. The van der Waals surface area contributed by atoms with Crippen molar-refractivity contribution in [2.75, 3.05) is 5.32 Å². The normalized spacial score (nSPS) is 10.2. The lowest BCUT2D eigenvalue weighted by molar-refractivity contribution is 0.0996. The van der Waals surface area contributed by atoms with Crippen LogP contribution in [0.3, 0.4) is 0 Å². The second-order valence-corrected chi connectivity index (χ2v) is 4.81. The highest BCUT2D eigenvalue weighted by molar-refractivity contribution is 6.34. The Morgan fingerprint density at radius 2 is 2.00 bits per heavy atom. The summed E-state index contributed by atoms with van der Waals surface area (Å²) in [5, 5.41) is 2.72. The summed E-state index contributed by atoms with van der Waals surface area (Å²) in [7, 11) is 0. The molecule has 0 unspecified atom stereocenters. The van der Waals surface area contributed by atoms with Gasteiger partial charge in [-0.15, -0.1) is 0 Å². The summed E-state index contributed by atoms with van der Waals surface area (Å²) in [6.07, 6.45) is 1.32. The molecule has 0 aliphatic rings. The number of carbonyl (C=O) groups is 2. The number of rotatable bonds is 3. The minimum absolute atomic E-state index is 0.0545. The highest BCUT2D eigenvalue weighted by Crippen LogP contribution is 2.23. The van der Waals surface area contributed by atoms with Crippen molar-refractivity contribution in [2.45, 2.75) is 6.92 Å². The van der Waals surface area contributed by atoms with Crippen molar-refractivity contribution in [3.63, 3.8) is 0 Å². The zero-order valence-electron chi connectivity index (χ0n) is 11.1. The summed E-state index contributed by atoms with van der Waals surface area (Å²) in [4.78, 5) is 37.7. The van der Waals surface area contributed by atoms with E-state index in [0.717, 1.165) is 0 Å². The fraction of sp³-hybridized carbons (Fsp3) is 0.0714. The first-order valence-electron chi connectivity index (χ1n) is 5.98. The molecule has 0 saturated heterocycles. The molecule has 6 nitrogen and oxygen atoms in total. The monoisotopic (exact) mass is 305 g/mol. The van der Waals surface area contributed by atoms with Crippen LogP contribution in [0.1, 0.15) is 26.4 Å². The Morgan fingerprint density at radius 1 is 1.29 bits per heavy atom. The third-order valence-electron chi connectivity index (χ3n) is 2.80. The van der Waals surface area contributed by atoms with Crippen LogP contribution >= 0.6 is 11.6 Å². The molecule has 0 atom stereocenters. The number of halogens is 1. The predicted molar refractivity (Wildman–Crippen MR) is 79.7 cm³/mol. The summed E-state index contributed by atoms with van der Waals surface area (Å²) in [5.74, 6) is -1.27. The van der Waals surface area contributed by atoms with Crippen LogP contribution in [0.25, 0.3) is 0 Å². The summed E-state index contributed by atoms with van der Waals surface area (Å²) >= 11 is 5.94. The maximum Gasteiger partial charge on any atom is 0.261 e.